The number of aryl methyl sites for hydroxylation is 2. The second kappa shape index (κ2) is 6.94. The molecule has 2 aromatic heterocycles. The topological polar surface area (TPSA) is 74.2 Å². The zero-order chi connectivity index (χ0) is 17.2. The van der Waals surface area contributed by atoms with Crippen LogP contribution in [0.3, 0.4) is 0 Å². The Morgan fingerprint density at radius 1 is 1.32 bits per heavy atom. The van der Waals surface area contributed by atoms with E-state index in [1.807, 2.05) is 30.2 Å². The van der Waals surface area contributed by atoms with Crippen LogP contribution in [0.5, 0.6) is 0 Å². The van der Waals surface area contributed by atoms with Crippen LogP contribution in [0.2, 0.25) is 0 Å². The summed E-state index contributed by atoms with van der Waals surface area (Å²) in [7, 11) is 0. The monoisotopic (exact) mass is 342 g/mol. The van der Waals surface area contributed by atoms with Gasteiger partial charge in [-0.05, 0) is 56.7 Å². The molecule has 0 saturated carbocycles. The number of rotatable bonds is 2. The molecule has 0 radical (unpaired) electrons. The molecule has 2 unspecified atom stereocenters. The molecule has 1 aliphatic carbocycles. The fraction of sp³-hybridized carbons (Fsp3) is 0.579. The normalized spacial score (nSPS) is 23.8. The summed E-state index contributed by atoms with van der Waals surface area (Å²) >= 11 is 0. The fourth-order valence-electron chi connectivity index (χ4n) is 4.08. The first-order valence-corrected chi connectivity index (χ1v) is 9.35. The van der Waals surface area contributed by atoms with Crippen molar-refractivity contribution in [3.05, 3.63) is 41.1 Å². The highest BCUT2D eigenvalue weighted by Gasteiger charge is 2.31. The fourth-order valence-corrected chi connectivity index (χ4v) is 4.08. The van der Waals surface area contributed by atoms with Gasteiger partial charge in [0, 0.05) is 18.3 Å². The Morgan fingerprint density at radius 2 is 2.24 bits per heavy atom. The molecule has 0 aromatic carbocycles. The molecule has 2 amide bonds. The van der Waals surface area contributed by atoms with Crippen molar-refractivity contribution in [3.8, 4) is 0 Å². The van der Waals surface area contributed by atoms with Gasteiger partial charge in [0.05, 0.1) is 12.2 Å². The number of hydrogen-bond donors (Lipinski definition) is 2. The van der Waals surface area contributed by atoms with E-state index in [0.29, 0.717) is 0 Å². The van der Waals surface area contributed by atoms with Crippen LogP contribution in [0.4, 0.5) is 4.79 Å². The van der Waals surface area contributed by atoms with Crippen molar-refractivity contribution in [2.24, 2.45) is 0 Å². The number of aromatic nitrogens is 2. The molecule has 25 heavy (non-hydrogen) atoms. The van der Waals surface area contributed by atoms with E-state index in [1.54, 1.807) is 0 Å². The average Bonchev–Trinajstić information content (AvgIpc) is 3.16. The first-order valence-electron chi connectivity index (χ1n) is 9.35. The molecule has 0 bridgehead atoms. The van der Waals surface area contributed by atoms with E-state index >= 15 is 0 Å². The predicted octanol–water partition coefficient (Wildman–Crippen LogP) is 3.50. The quantitative estimate of drug-likeness (QED) is 0.877. The van der Waals surface area contributed by atoms with Crippen LogP contribution < -0.4 is 5.32 Å². The Morgan fingerprint density at radius 3 is 3.08 bits per heavy atom. The number of aromatic amines is 1. The molecule has 1 aliphatic heterocycles. The van der Waals surface area contributed by atoms with E-state index < -0.39 is 0 Å². The van der Waals surface area contributed by atoms with Crippen LogP contribution in [-0.2, 0) is 12.8 Å². The largest absolute Gasteiger partial charge is 0.464 e. The first kappa shape index (κ1) is 16.2. The standard InChI is InChI=1S/C19H26N4O2/c1-13-6-9-18(25-13)17-5-3-2-4-10-23(17)19(24)21-15-7-8-16-14(11-15)12-20-22-16/h6,9,12,15,17H,2-5,7-8,10-11H2,1H3,(H,20,22)(H,21,24). The number of urea groups is 1. The third kappa shape index (κ3) is 3.43. The molecule has 134 valence electrons. The number of nitrogens with one attached hydrogen (secondary N) is 2. The lowest BCUT2D eigenvalue weighted by atomic mass is 9.94. The summed E-state index contributed by atoms with van der Waals surface area (Å²) in [5, 5.41) is 10.4. The number of H-pyrrole nitrogens is 1. The summed E-state index contributed by atoms with van der Waals surface area (Å²) in [4.78, 5) is 15.0. The van der Waals surface area contributed by atoms with Gasteiger partial charge in [0.1, 0.15) is 11.5 Å². The van der Waals surface area contributed by atoms with Gasteiger partial charge in [0.15, 0.2) is 0 Å². The molecule has 3 heterocycles. The number of amides is 2. The summed E-state index contributed by atoms with van der Waals surface area (Å²) in [6, 6.07) is 4.27. The summed E-state index contributed by atoms with van der Waals surface area (Å²) in [5.41, 5.74) is 2.44. The molecule has 4 rings (SSSR count). The van der Waals surface area contributed by atoms with Crippen molar-refractivity contribution < 1.29 is 9.21 Å². The Labute approximate surface area is 148 Å². The molecule has 2 atom stereocenters. The third-order valence-corrected chi connectivity index (χ3v) is 5.45. The van der Waals surface area contributed by atoms with E-state index in [1.165, 1.54) is 17.7 Å². The summed E-state index contributed by atoms with van der Waals surface area (Å²) in [6.45, 7) is 2.75. The van der Waals surface area contributed by atoms with Crippen LogP contribution in [0.25, 0.3) is 0 Å². The lowest BCUT2D eigenvalue weighted by Gasteiger charge is -2.32. The third-order valence-electron chi connectivity index (χ3n) is 5.45. The Bertz CT molecular complexity index is 735. The lowest BCUT2D eigenvalue weighted by molar-refractivity contribution is 0.161. The van der Waals surface area contributed by atoms with Gasteiger partial charge in [0.2, 0.25) is 0 Å². The Kier molecular flexibility index (Phi) is 4.51. The van der Waals surface area contributed by atoms with Gasteiger partial charge in [-0.25, -0.2) is 4.79 Å². The second-order valence-corrected chi connectivity index (χ2v) is 7.27. The number of carbonyl (C=O) groups is 1. The minimum atomic E-state index is 0.0397. The van der Waals surface area contributed by atoms with Gasteiger partial charge in [-0.15, -0.1) is 0 Å². The minimum Gasteiger partial charge on any atom is -0.464 e. The second-order valence-electron chi connectivity index (χ2n) is 7.27. The number of likely N-dealkylation sites (tertiary alicyclic amines) is 1. The highest BCUT2D eigenvalue weighted by molar-refractivity contribution is 5.75. The maximum atomic E-state index is 13.0. The van der Waals surface area contributed by atoms with E-state index in [9.17, 15) is 4.79 Å². The summed E-state index contributed by atoms with van der Waals surface area (Å²) < 4.78 is 5.85. The van der Waals surface area contributed by atoms with Crippen LogP contribution in [0.15, 0.2) is 22.7 Å². The Balaban J connectivity index is 1.47. The van der Waals surface area contributed by atoms with Crippen molar-refractivity contribution in [2.45, 2.75) is 64.0 Å². The predicted molar refractivity (Wildman–Crippen MR) is 94.3 cm³/mol. The molecule has 6 nitrogen and oxygen atoms in total. The maximum Gasteiger partial charge on any atom is 0.318 e. The minimum absolute atomic E-state index is 0.0397. The van der Waals surface area contributed by atoms with Crippen LogP contribution >= 0.6 is 0 Å². The van der Waals surface area contributed by atoms with E-state index in [2.05, 4.69) is 15.5 Å². The highest BCUT2D eigenvalue weighted by Crippen LogP contribution is 2.31. The zero-order valence-electron chi connectivity index (χ0n) is 14.8. The van der Waals surface area contributed by atoms with Gasteiger partial charge in [-0.2, -0.15) is 5.10 Å². The zero-order valence-corrected chi connectivity index (χ0v) is 14.8. The molecule has 2 aliphatic rings. The smallest absolute Gasteiger partial charge is 0.318 e. The molecule has 2 aromatic rings. The molecule has 1 fully saturated rings. The van der Waals surface area contributed by atoms with Gasteiger partial charge in [-0.1, -0.05) is 12.8 Å². The molecule has 1 saturated heterocycles. The summed E-state index contributed by atoms with van der Waals surface area (Å²) in [6.07, 6.45) is 8.97. The first-order chi connectivity index (χ1) is 12.2. The number of furan rings is 1. The molecule has 0 spiro atoms. The van der Waals surface area contributed by atoms with Crippen molar-refractivity contribution in [2.75, 3.05) is 6.54 Å². The van der Waals surface area contributed by atoms with Gasteiger partial charge in [-0.3, -0.25) is 5.10 Å². The highest BCUT2D eigenvalue weighted by atomic mass is 16.3. The number of fused-ring (bicyclic) bond motifs is 1. The van der Waals surface area contributed by atoms with E-state index in [-0.39, 0.29) is 18.1 Å². The molecular formula is C19H26N4O2. The number of carbonyl (C=O) groups excluding carboxylic acids is 1. The van der Waals surface area contributed by atoms with E-state index in [0.717, 1.165) is 56.6 Å². The van der Waals surface area contributed by atoms with Gasteiger partial charge < -0.3 is 14.6 Å². The molecule has 6 heteroatoms. The van der Waals surface area contributed by atoms with Crippen molar-refractivity contribution in [3.63, 3.8) is 0 Å². The van der Waals surface area contributed by atoms with E-state index in [4.69, 9.17) is 4.42 Å². The van der Waals surface area contributed by atoms with Crippen molar-refractivity contribution in [1.82, 2.24) is 20.4 Å². The van der Waals surface area contributed by atoms with Crippen LogP contribution in [0, 0.1) is 6.92 Å². The molecular weight excluding hydrogens is 316 g/mol. The number of hydrogen-bond acceptors (Lipinski definition) is 3. The maximum absolute atomic E-state index is 13.0. The lowest BCUT2D eigenvalue weighted by Crippen LogP contribution is -2.47. The van der Waals surface area contributed by atoms with Crippen LogP contribution in [-0.4, -0.2) is 33.7 Å². The average molecular weight is 342 g/mol. The van der Waals surface area contributed by atoms with Gasteiger partial charge >= 0.3 is 6.03 Å². The van der Waals surface area contributed by atoms with Crippen LogP contribution in [0.1, 0.15) is 60.9 Å². The van der Waals surface area contributed by atoms with Crippen molar-refractivity contribution in [1.29, 1.82) is 0 Å². The Hall–Kier alpha value is -2.24. The van der Waals surface area contributed by atoms with Gasteiger partial charge in [0.25, 0.3) is 0 Å². The van der Waals surface area contributed by atoms with Crippen molar-refractivity contribution >= 4 is 6.03 Å². The molecule has 2 N–H and O–H groups in total. The number of nitrogens with zero attached hydrogens (tertiary/aromatic N) is 2. The summed E-state index contributed by atoms with van der Waals surface area (Å²) in [5.74, 6) is 1.81. The SMILES string of the molecule is Cc1ccc(C2CCCCCN2C(=O)NC2CCc3[nH]ncc3C2)o1.